The van der Waals surface area contributed by atoms with E-state index in [4.69, 9.17) is 15.2 Å². The van der Waals surface area contributed by atoms with Crippen molar-refractivity contribution in [2.75, 3.05) is 25.4 Å². The van der Waals surface area contributed by atoms with Crippen molar-refractivity contribution in [3.05, 3.63) is 11.8 Å². The molecule has 9 heteroatoms. The summed E-state index contributed by atoms with van der Waals surface area (Å²) in [4.78, 5) is 25.4. The molecule has 0 spiro atoms. The number of carbonyl (C=O) groups is 2. The standard InChI is InChI=1S/C16H26N4O5/c1-5-24-14(22)10-8-18-20(13(10)17)11-6-7-19(9-12(11)21)15(23)25-16(2,3)4/h8,11-12,21H,5-7,9,17H2,1-4H3. The van der Waals surface area contributed by atoms with Crippen molar-refractivity contribution in [3.8, 4) is 0 Å². The minimum absolute atomic E-state index is 0.105. The molecule has 2 rings (SSSR count). The van der Waals surface area contributed by atoms with Crippen LogP contribution >= 0.6 is 0 Å². The fourth-order valence-corrected chi connectivity index (χ4v) is 2.70. The van der Waals surface area contributed by atoms with Crippen molar-refractivity contribution in [1.29, 1.82) is 0 Å². The van der Waals surface area contributed by atoms with Gasteiger partial charge in [-0.15, -0.1) is 0 Å². The number of hydrogen-bond acceptors (Lipinski definition) is 7. The third-order valence-corrected chi connectivity index (χ3v) is 3.84. The molecule has 0 aromatic carbocycles. The number of piperidine rings is 1. The highest BCUT2D eigenvalue weighted by Crippen LogP contribution is 2.27. The van der Waals surface area contributed by atoms with Crippen LogP contribution in [0.15, 0.2) is 6.20 Å². The lowest BCUT2D eigenvalue weighted by Crippen LogP contribution is -2.49. The summed E-state index contributed by atoms with van der Waals surface area (Å²) in [6.07, 6.45) is 0.429. The van der Waals surface area contributed by atoms with Crippen LogP contribution in [0.3, 0.4) is 0 Å². The van der Waals surface area contributed by atoms with Crippen molar-refractivity contribution in [2.24, 2.45) is 0 Å². The molecule has 1 aromatic heterocycles. The fourth-order valence-electron chi connectivity index (χ4n) is 2.70. The maximum Gasteiger partial charge on any atom is 0.410 e. The molecule has 1 aliphatic rings. The van der Waals surface area contributed by atoms with Crippen molar-refractivity contribution in [2.45, 2.75) is 51.9 Å². The predicted molar refractivity (Wildman–Crippen MR) is 90.1 cm³/mol. The van der Waals surface area contributed by atoms with Gasteiger partial charge in [-0.1, -0.05) is 0 Å². The van der Waals surface area contributed by atoms with E-state index in [0.29, 0.717) is 13.0 Å². The molecule has 1 saturated heterocycles. The largest absolute Gasteiger partial charge is 0.462 e. The second kappa shape index (κ2) is 7.30. The number of nitrogen functional groups attached to an aromatic ring is 1. The second-order valence-electron chi connectivity index (χ2n) is 6.96. The molecule has 140 valence electrons. The van der Waals surface area contributed by atoms with E-state index in [-0.39, 0.29) is 24.5 Å². The molecule has 0 saturated carbocycles. The summed E-state index contributed by atoms with van der Waals surface area (Å²) in [7, 11) is 0. The van der Waals surface area contributed by atoms with Crippen LogP contribution in [0, 0.1) is 0 Å². The van der Waals surface area contributed by atoms with E-state index in [1.807, 2.05) is 0 Å². The van der Waals surface area contributed by atoms with Crippen LogP contribution in [-0.2, 0) is 9.47 Å². The first kappa shape index (κ1) is 19.0. The quantitative estimate of drug-likeness (QED) is 0.782. The van der Waals surface area contributed by atoms with Gasteiger partial charge in [0.05, 0.1) is 31.5 Å². The first-order chi connectivity index (χ1) is 11.6. The summed E-state index contributed by atoms with van der Waals surface area (Å²) >= 11 is 0. The first-order valence-corrected chi connectivity index (χ1v) is 8.30. The normalized spacial score (nSPS) is 21.1. The number of ether oxygens (including phenoxy) is 2. The molecule has 0 bridgehead atoms. The number of carbonyl (C=O) groups excluding carboxylic acids is 2. The molecule has 1 fully saturated rings. The van der Waals surface area contributed by atoms with Crippen LogP contribution in [0.2, 0.25) is 0 Å². The van der Waals surface area contributed by atoms with Gasteiger partial charge in [-0.3, -0.25) is 0 Å². The van der Waals surface area contributed by atoms with Crippen molar-refractivity contribution in [1.82, 2.24) is 14.7 Å². The monoisotopic (exact) mass is 354 g/mol. The number of esters is 1. The maximum atomic E-state index is 12.1. The Bertz CT molecular complexity index is 637. The second-order valence-corrected chi connectivity index (χ2v) is 6.96. The SMILES string of the molecule is CCOC(=O)c1cnn(C2CCN(C(=O)OC(C)(C)C)CC2O)c1N. The number of rotatable bonds is 3. The molecular formula is C16H26N4O5. The Labute approximate surface area is 146 Å². The van der Waals surface area contributed by atoms with Gasteiger partial charge in [-0.25, -0.2) is 14.3 Å². The van der Waals surface area contributed by atoms with Crippen LogP contribution in [0.25, 0.3) is 0 Å². The molecule has 25 heavy (non-hydrogen) atoms. The summed E-state index contributed by atoms with van der Waals surface area (Å²) < 4.78 is 11.7. The van der Waals surface area contributed by atoms with E-state index < -0.39 is 29.8 Å². The minimum Gasteiger partial charge on any atom is -0.462 e. The Morgan fingerprint density at radius 3 is 2.68 bits per heavy atom. The lowest BCUT2D eigenvalue weighted by Gasteiger charge is -2.36. The number of aliphatic hydroxyl groups is 1. The summed E-state index contributed by atoms with van der Waals surface area (Å²) in [5, 5.41) is 14.6. The number of amides is 1. The van der Waals surface area contributed by atoms with Crippen LogP contribution in [-0.4, -0.2) is 63.3 Å². The Morgan fingerprint density at radius 1 is 1.44 bits per heavy atom. The van der Waals surface area contributed by atoms with Crippen molar-refractivity contribution in [3.63, 3.8) is 0 Å². The topological polar surface area (TPSA) is 120 Å². The number of nitrogens with zero attached hydrogens (tertiary/aromatic N) is 3. The van der Waals surface area contributed by atoms with Gasteiger partial charge in [0, 0.05) is 6.54 Å². The molecule has 0 radical (unpaired) electrons. The molecule has 1 amide bonds. The van der Waals surface area contributed by atoms with Gasteiger partial charge < -0.3 is 25.2 Å². The Kier molecular flexibility index (Phi) is 5.56. The predicted octanol–water partition coefficient (Wildman–Crippen LogP) is 1.18. The number of hydrogen-bond donors (Lipinski definition) is 2. The van der Waals surface area contributed by atoms with Crippen LogP contribution in [0.5, 0.6) is 0 Å². The molecule has 2 unspecified atom stereocenters. The molecule has 3 N–H and O–H groups in total. The van der Waals surface area contributed by atoms with E-state index in [1.165, 1.54) is 15.8 Å². The maximum absolute atomic E-state index is 12.1. The van der Waals surface area contributed by atoms with Gasteiger partial charge >= 0.3 is 12.1 Å². The molecular weight excluding hydrogens is 328 g/mol. The number of likely N-dealkylation sites (tertiary alicyclic amines) is 1. The van der Waals surface area contributed by atoms with E-state index in [2.05, 4.69) is 5.10 Å². The van der Waals surface area contributed by atoms with E-state index in [0.717, 1.165) is 0 Å². The zero-order chi connectivity index (χ0) is 18.8. The summed E-state index contributed by atoms with van der Waals surface area (Å²) in [5.41, 5.74) is 5.56. The van der Waals surface area contributed by atoms with Gasteiger partial charge in [-0.2, -0.15) is 5.10 Å². The summed E-state index contributed by atoms with van der Waals surface area (Å²) in [5.74, 6) is -0.403. The van der Waals surface area contributed by atoms with Gasteiger partial charge in [0.2, 0.25) is 0 Å². The number of aromatic nitrogens is 2. The molecule has 9 nitrogen and oxygen atoms in total. The van der Waals surface area contributed by atoms with Crippen LogP contribution < -0.4 is 5.73 Å². The van der Waals surface area contributed by atoms with Crippen molar-refractivity contribution >= 4 is 17.9 Å². The average Bonchev–Trinajstić information content (AvgIpc) is 2.87. The van der Waals surface area contributed by atoms with E-state index in [9.17, 15) is 14.7 Å². The van der Waals surface area contributed by atoms with Crippen LogP contribution in [0.1, 0.15) is 50.5 Å². The highest BCUT2D eigenvalue weighted by molar-refractivity contribution is 5.94. The summed E-state index contributed by atoms with van der Waals surface area (Å²) in [6.45, 7) is 7.80. The lowest BCUT2D eigenvalue weighted by atomic mass is 10.0. The average molecular weight is 354 g/mol. The number of anilines is 1. The zero-order valence-electron chi connectivity index (χ0n) is 15.1. The highest BCUT2D eigenvalue weighted by atomic mass is 16.6. The summed E-state index contributed by atoms with van der Waals surface area (Å²) in [6, 6.07) is -0.429. The van der Waals surface area contributed by atoms with Crippen molar-refractivity contribution < 1.29 is 24.2 Å². The number of aliphatic hydroxyl groups excluding tert-OH is 1. The third-order valence-electron chi connectivity index (χ3n) is 3.84. The lowest BCUT2D eigenvalue weighted by molar-refractivity contribution is -0.0114. The Hall–Kier alpha value is -2.29. The number of nitrogens with two attached hydrogens (primary N) is 1. The molecule has 0 aliphatic carbocycles. The van der Waals surface area contributed by atoms with Gasteiger partial charge in [0.1, 0.15) is 17.0 Å². The van der Waals surface area contributed by atoms with Gasteiger partial charge in [0.25, 0.3) is 0 Å². The number of β-amino-alcohol motifs (C(OH)–C–C–N with tert-alkyl or cyclic N) is 1. The minimum atomic E-state index is -0.876. The fraction of sp³-hybridized carbons (Fsp3) is 0.688. The van der Waals surface area contributed by atoms with Gasteiger partial charge in [0.15, 0.2) is 0 Å². The molecule has 1 aliphatic heterocycles. The smallest absolute Gasteiger partial charge is 0.410 e. The zero-order valence-corrected chi connectivity index (χ0v) is 15.1. The highest BCUT2D eigenvalue weighted by Gasteiger charge is 2.35. The molecule has 2 heterocycles. The first-order valence-electron chi connectivity index (χ1n) is 8.30. The molecule has 2 atom stereocenters. The third kappa shape index (κ3) is 4.41. The molecule has 1 aromatic rings. The van der Waals surface area contributed by atoms with E-state index in [1.54, 1.807) is 27.7 Å². The van der Waals surface area contributed by atoms with Crippen LogP contribution in [0.4, 0.5) is 10.6 Å². The Balaban J connectivity index is 2.07. The van der Waals surface area contributed by atoms with E-state index >= 15 is 0 Å². The Morgan fingerprint density at radius 2 is 2.12 bits per heavy atom. The van der Waals surface area contributed by atoms with Gasteiger partial charge in [-0.05, 0) is 34.1 Å².